The molecule has 20 heavy (non-hydrogen) atoms. The highest BCUT2D eigenvalue weighted by Crippen LogP contribution is 2.34. The summed E-state index contributed by atoms with van der Waals surface area (Å²) in [7, 11) is 0. The van der Waals surface area contributed by atoms with E-state index in [2.05, 4.69) is 17.9 Å². The van der Waals surface area contributed by atoms with E-state index in [-0.39, 0.29) is 17.8 Å². The van der Waals surface area contributed by atoms with Gasteiger partial charge in [0.05, 0.1) is 0 Å². The van der Waals surface area contributed by atoms with Crippen LogP contribution in [0.3, 0.4) is 0 Å². The van der Waals surface area contributed by atoms with Crippen LogP contribution >= 0.6 is 24.0 Å². The Hall–Kier alpha value is -0.740. The van der Waals surface area contributed by atoms with Crippen LogP contribution in [-0.4, -0.2) is 24.5 Å². The summed E-state index contributed by atoms with van der Waals surface area (Å²) in [6.45, 7) is 5.93. The summed E-state index contributed by atoms with van der Waals surface area (Å²) in [6.07, 6.45) is 1.15. The first kappa shape index (κ1) is 15.6. The van der Waals surface area contributed by atoms with Gasteiger partial charge < -0.3 is 10.2 Å². The van der Waals surface area contributed by atoms with Gasteiger partial charge >= 0.3 is 0 Å². The average Bonchev–Trinajstić information content (AvgIpc) is 2.93. The molecular formula is C15H20Cl2N2O. The molecule has 1 aromatic carbocycles. The van der Waals surface area contributed by atoms with Gasteiger partial charge in [-0.1, -0.05) is 25.1 Å². The van der Waals surface area contributed by atoms with Gasteiger partial charge in [0.25, 0.3) is 0 Å². The number of halogens is 2. The normalized spacial score (nSPS) is 23.1. The number of likely N-dealkylation sites (tertiary alicyclic amines) is 1. The molecule has 1 aromatic heterocycles. The number of nitrogens with two attached hydrogens (primary N) is 1. The summed E-state index contributed by atoms with van der Waals surface area (Å²) in [5, 5.41) is 1.64. The molecule has 5 heteroatoms. The van der Waals surface area contributed by atoms with E-state index in [1.807, 2.05) is 18.2 Å². The number of benzene rings is 1. The molecule has 0 aliphatic carbocycles. The highest BCUT2D eigenvalue weighted by Gasteiger charge is 2.33. The van der Waals surface area contributed by atoms with Crippen LogP contribution in [0.2, 0.25) is 5.22 Å². The molecule has 1 aliphatic rings. The Morgan fingerprint density at radius 3 is 2.85 bits per heavy atom. The van der Waals surface area contributed by atoms with Crippen LogP contribution in [0, 0.1) is 5.41 Å². The maximum absolute atomic E-state index is 6.23. The van der Waals surface area contributed by atoms with E-state index < -0.39 is 0 Å². The smallest absolute Gasteiger partial charge is 0.199 e. The third-order valence-corrected chi connectivity index (χ3v) is 4.47. The zero-order valence-corrected chi connectivity index (χ0v) is 13.1. The number of hydrogen-bond donors (Lipinski definition) is 1. The third kappa shape index (κ3) is 2.82. The van der Waals surface area contributed by atoms with Crippen molar-refractivity contribution in [3.63, 3.8) is 0 Å². The van der Waals surface area contributed by atoms with E-state index in [0.29, 0.717) is 5.22 Å². The van der Waals surface area contributed by atoms with Crippen molar-refractivity contribution in [1.29, 1.82) is 0 Å². The third-order valence-electron chi connectivity index (χ3n) is 4.16. The van der Waals surface area contributed by atoms with E-state index in [1.165, 1.54) is 0 Å². The molecule has 1 fully saturated rings. The lowest BCUT2D eigenvalue weighted by Gasteiger charge is -2.22. The highest BCUT2D eigenvalue weighted by atomic mass is 35.5. The second-order valence-electron chi connectivity index (χ2n) is 5.83. The average molecular weight is 315 g/mol. The first-order valence-electron chi connectivity index (χ1n) is 6.70. The highest BCUT2D eigenvalue weighted by molar-refractivity contribution is 6.30. The Balaban J connectivity index is 0.00000147. The van der Waals surface area contributed by atoms with Crippen molar-refractivity contribution in [2.24, 2.45) is 11.1 Å². The number of fused-ring (bicyclic) bond motifs is 1. The summed E-state index contributed by atoms with van der Waals surface area (Å²) in [5.41, 5.74) is 8.05. The molecule has 110 valence electrons. The Morgan fingerprint density at radius 1 is 1.40 bits per heavy atom. The van der Waals surface area contributed by atoms with Gasteiger partial charge in [-0.15, -0.1) is 12.4 Å². The van der Waals surface area contributed by atoms with Crippen molar-refractivity contribution in [3.8, 4) is 0 Å². The molecule has 2 N–H and O–H groups in total. The lowest BCUT2D eigenvalue weighted by Crippen LogP contribution is -2.31. The molecule has 0 spiro atoms. The predicted molar refractivity (Wildman–Crippen MR) is 85.5 cm³/mol. The van der Waals surface area contributed by atoms with E-state index >= 15 is 0 Å². The Kier molecular flexibility index (Phi) is 4.65. The number of para-hydroxylation sites is 1. The van der Waals surface area contributed by atoms with Crippen LogP contribution in [0.25, 0.3) is 11.0 Å². The van der Waals surface area contributed by atoms with E-state index in [1.54, 1.807) is 0 Å². The fourth-order valence-electron chi connectivity index (χ4n) is 2.87. The molecule has 0 saturated carbocycles. The first-order chi connectivity index (χ1) is 9.11. The number of hydrogen-bond acceptors (Lipinski definition) is 3. The van der Waals surface area contributed by atoms with Crippen LogP contribution in [0.5, 0.6) is 0 Å². The van der Waals surface area contributed by atoms with Crippen LogP contribution < -0.4 is 5.73 Å². The van der Waals surface area contributed by atoms with Gasteiger partial charge in [-0.2, -0.15) is 0 Å². The second kappa shape index (κ2) is 5.94. The van der Waals surface area contributed by atoms with Gasteiger partial charge in [-0.3, -0.25) is 4.90 Å². The zero-order valence-electron chi connectivity index (χ0n) is 11.6. The molecule has 1 aliphatic heterocycles. The molecular weight excluding hydrogens is 295 g/mol. The van der Waals surface area contributed by atoms with Gasteiger partial charge in [-0.05, 0) is 42.6 Å². The van der Waals surface area contributed by atoms with Crippen molar-refractivity contribution in [2.75, 3.05) is 19.6 Å². The van der Waals surface area contributed by atoms with Crippen LogP contribution in [0.15, 0.2) is 28.7 Å². The summed E-state index contributed by atoms with van der Waals surface area (Å²) < 4.78 is 5.60. The molecule has 2 heterocycles. The maximum Gasteiger partial charge on any atom is 0.199 e. The summed E-state index contributed by atoms with van der Waals surface area (Å²) in [6, 6.07) is 8.01. The minimum atomic E-state index is 0. The van der Waals surface area contributed by atoms with E-state index in [0.717, 1.165) is 49.1 Å². The molecule has 2 aromatic rings. The predicted octanol–water partition coefficient (Wildman–Crippen LogP) is 3.68. The van der Waals surface area contributed by atoms with Crippen molar-refractivity contribution in [2.45, 2.75) is 19.9 Å². The van der Waals surface area contributed by atoms with E-state index in [4.69, 9.17) is 21.8 Å². The minimum absolute atomic E-state index is 0. The molecule has 1 saturated heterocycles. The SMILES string of the molecule is CC1(CN)CCN(Cc2c(Cl)oc3ccccc23)C1.Cl. The van der Waals surface area contributed by atoms with E-state index in [9.17, 15) is 0 Å². The lowest BCUT2D eigenvalue weighted by molar-refractivity contribution is 0.274. The molecule has 1 atom stereocenters. The van der Waals surface area contributed by atoms with Crippen LogP contribution in [-0.2, 0) is 6.54 Å². The van der Waals surface area contributed by atoms with Gasteiger partial charge in [0, 0.05) is 24.0 Å². The van der Waals surface area contributed by atoms with Crippen molar-refractivity contribution < 1.29 is 4.42 Å². The van der Waals surface area contributed by atoms with Crippen molar-refractivity contribution in [3.05, 3.63) is 35.0 Å². The Morgan fingerprint density at radius 2 is 2.15 bits per heavy atom. The quantitative estimate of drug-likeness (QED) is 0.939. The standard InChI is InChI=1S/C15H19ClN2O.ClH/c1-15(9-17)6-7-18(10-15)8-12-11-4-2-3-5-13(11)19-14(12)16;/h2-5H,6-10,17H2,1H3;1H. The molecule has 0 amide bonds. The first-order valence-corrected chi connectivity index (χ1v) is 7.07. The Bertz CT molecular complexity index is 599. The molecule has 3 nitrogen and oxygen atoms in total. The van der Waals surface area contributed by atoms with Crippen molar-refractivity contribution in [1.82, 2.24) is 4.90 Å². The summed E-state index contributed by atoms with van der Waals surface area (Å²) >= 11 is 6.23. The number of nitrogens with zero attached hydrogens (tertiary/aromatic N) is 1. The second-order valence-corrected chi connectivity index (χ2v) is 6.17. The zero-order chi connectivity index (χ0) is 13.5. The van der Waals surface area contributed by atoms with Gasteiger partial charge in [-0.25, -0.2) is 0 Å². The number of furan rings is 1. The minimum Gasteiger partial charge on any atom is -0.444 e. The number of rotatable bonds is 3. The summed E-state index contributed by atoms with van der Waals surface area (Å²) in [4.78, 5) is 2.41. The topological polar surface area (TPSA) is 42.4 Å². The maximum atomic E-state index is 6.23. The molecule has 0 radical (unpaired) electrons. The van der Waals surface area contributed by atoms with Crippen LogP contribution in [0.4, 0.5) is 0 Å². The monoisotopic (exact) mass is 314 g/mol. The largest absolute Gasteiger partial charge is 0.444 e. The van der Waals surface area contributed by atoms with Gasteiger partial charge in [0.15, 0.2) is 5.22 Å². The Labute approximate surface area is 130 Å². The lowest BCUT2D eigenvalue weighted by atomic mass is 9.90. The fourth-order valence-corrected chi connectivity index (χ4v) is 3.11. The fraction of sp³-hybridized carbons (Fsp3) is 0.467. The molecule has 0 bridgehead atoms. The van der Waals surface area contributed by atoms with Gasteiger partial charge in [0.1, 0.15) is 5.58 Å². The van der Waals surface area contributed by atoms with Crippen molar-refractivity contribution >= 4 is 35.0 Å². The van der Waals surface area contributed by atoms with Crippen LogP contribution in [0.1, 0.15) is 18.9 Å². The molecule has 3 rings (SSSR count). The van der Waals surface area contributed by atoms with Gasteiger partial charge in [0.2, 0.25) is 0 Å². The molecule has 1 unspecified atom stereocenters. The summed E-state index contributed by atoms with van der Waals surface area (Å²) in [5.74, 6) is 0.